The lowest BCUT2D eigenvalue weighted by Crippen LogP contribution is -2.17. The second kappa shape index (κ2) is 19.8. The van der Waals surface area contributed by atoms with Crippen LogP contribution in [0.1, 0.15) is 51.2 Å². The molecular weight excluding hydrogens is 828 g/mol. The average Bonchev–Trinajstić information content (AvgIpc) is 3.91. The van der Waals surface area contributed by atoms with E-state index < -0.39 is 6.04 Å². The molecule has 0 spiro atoms. The predicted molar refractivity (Wildman–Crippen MR) is 241 cm³/mol. The zero-order chi connectivity index (χ0) is 43.0. The highest BCUT2D eigenvalue weighted by atomic mass is 35.5. The number of nitrogens with one attached hydrogen (secondary N) is 3. The Bertz CT molecular complexity index is 2560. The van der Waals surface area contributed by atoms with Gasteiger partial charge in [-0.05, 0) is 98.1 Å². The van der Waals surface area contributed by atoms with E-state index in [1.165, 1.54) is 4.88 Å². The second-order valence-electron chi connectivity index (χ2n) is 14.8. The minimum absolute atomic E-state index is 0.0256. The number of pyridine rings is 1. The van der Waals surface area contributed by atoms with Gasteiger partial charge in [-0.25, -0.2) is 4.98 Å². The molecule has 0 saturated carbocycles. The molecule has 0 fully saturated rings. The Morgan fingerprint density at radius 2 is 1.56 bits per heavy atom. The molecule has 2 amide bonds. The van der Waals surface area contributed by atoms with E-state index >= 15 is 0 Å². The molecule has 0 unspecified atom stereocenters. The van der Waals surface area contributed by atoms with Gasteiger partial charge in [-0.1, -0.05) is 29.8 Å². The molecule has 6 aromatic rings. The molecule has 3 aromatic carbocycles. The number of thiophene rings is 1. The quantitative estimate of drug-likeness (QED) is 0.0682. The Kier molecular flexibility index (Phi) is 13.7. The first kappa shape index (κ1) is 42.7. The maximum absolute atomic E-state index is 13.5. The lowest BCUT2D eigenvalue weighted by atomic mass is 9.99. The number of fused-ring (bicyclic) bond motifs is 4. The first-order valence-electron chi connectivity index (χ1n) is 20.5. The SMILES string of the molecule is Cc1sc2c(c1C)C(c1ccc(Cl)cc1)=N[C@@H](CC(=O)Nc1ccc(OCCOCCOCCOCCNc3ccc(-c4ccc5c(c4)CC(=O)N5)cn3)cc1)c1nnc(C)n1-2. The predicted octanol–water partition coefficient (Wildman–Crippen LogP) is 7.93. The lowest BCUT2D eigenvalue weighted by Gasteiger charge is -2.13. The van der Waals surface area contributed by atoms with Crippen molar-refractivity contribution in [1.29, 1.82) is 0 Å². The lowest BCUT2D eigenvalue weighted by molar-refractivity contribution is -0.117. The van der Waals surface area contributed by atoms with Crippen LogP contribution in [0.5, 0.6) is 5.75 Å². The number of anilines is 3. The number of aliphatic imine (C=N–C) groups is 1. The molecule has 0 radical (unpaired) electrons. The molecule has 8 rings (SSSR count). The Morgan fingerprint density at radius 1 is 0.855 bits per heavy atom. The summed E-state index contributed by atoms with van der Waals surface area (Å²) < 4.78 is 24.8. The van der Waals surface area contributed by atoms with Gasteiger partial charge in [0, 0.05) is 50.7 Å². The van der Waals surface area contributed by atoms with Crippen LogP contribution in [0.3, 0.4) is 0 Å². The van der Waals surface area contributed by atoms with Crippen molar-refractivity contribution in [3.63, 3.8) is 0 Å². The van der Waals surface area contributed by atoms with E-state index in [0.717, 1.165) is 61.4 Å². The summed E-state index contributed by atoms with van der Waals surface area (Å²) in [5.41, 5.74) is 8.42. The van der Waals surface area contributed by atoms with Gasteiger partial charge in [-0.2, -0.15) is 0 Å². The summed E-state index contributed by atoms with van der Waals surface area (Å²) in [5.74, 6) is 2.62. The fourth-order valence-corrected chi connectivity index (χ4v) is 8.58. The molecule has 2 aliphatic rings. The molecule has 320 valence electrons. The molecule has 2 aliphatic heterocycles. The molecule has 0 saturated heterocycles. The average molecular weight is 875 g/mol. The Balaban J connectivity index is 0.705. The van der Waals surface area contributed by atoms with Gasteiger partial charge in [0.25, 0.3) is 0 Å². The third-order valence-corrected chi connectivity index (χ3v) is 11.9. The Hall–Kier alpha value is -5.97. The van der Waals surface area contributed by atoms with Crippen LogP contribution in [0.2, 0.25) is 5.02 Å². The maximum Gasteiger partial charge on any atom is 0.228 e. The number of carbonyl (C=O) groups is 2. The van der Waals surface area contributed by atoms with Crippen molar-refractivity contribution in [2.75, 3.05) is 68.7 Å². The number of hydrogen-bond donors (Lipinski definition) is 3. The number of rotatable bonds is 19. The summed E-state index contributed by atoms with van der Waals surface area (Å²) in [6.07, 6.45) is 2.31. The number of aromatic nitrogens is 4. The fourth-order valence-electron chi connectivity index (χ4n) is 7.24. The van der Waals surface area contributed by atoms with E-state index in [0.29, 0.717) is 81.5 Å². The summed E-state index contributed by atoms with van der Waals surface area (Å²) in [4.78, 5) is 36.0. The topological polar surface area (TPSA) is 163 Å². The largest absolute Gasteiger partial charge is 0.491 e. The first-order valence-corrected chi connectivity index (χ1v) is 21.6. The maximum atomic E-state index is 13.5. The number of ether oxygens (including phenoxy) is 4. The number of hydrogen-bond acceptors (Lipinski definition) is 12. The normalized spacial score (nSPS) is 14.0. The molecule has 1 atom stereocenters. The molecule has 3 N–H and O–H groups in total. The van der Waals surface area contributed by atoms with Gasteiger partial charge in [-0.3, -0.25) is 19.1 Å². The number of amides is 2. The van der Waals surface area contributed by atoms with Crippen LogP contribution in [-0.2, 0) is 30.2 Å². The van der Waals surface area contributed by atoms with E-state index in [4.69, 9.17) is 35.5 Å². The molecule has 0 bridgehead atoms. The van der Waals surface area contributed by atoms with Gasteiger partial charge in [0.05, 0.1) is 58.2 Å². The van der Waals surface area contributed by atoms with Gasteiger partial charge in [0.2, 0.25) is 11.8 Å². The Morgan fingerprint density at radius 3 is 2.31 bits per heavy atom. The standard InChI is InChI=1S/C46H47ClN8O6S/c1-28-29(2)62-46-43(28)44(31-4-8-35(47)9-5-31)52-39(45-54-53-30(3)55(45)46)26-42(57)50-36-10-12-37(13-11-36)61-23-22-60-21-20-59-19-18-58-17-16-48-40-15-7-33(27-49-40)32-6-14-38-34(24-32)25-41(56)51-38/h4-15,24,27,39H,16-23,25-26H2,1-3H3,(H,48,49)(H,50,57)(H,51,56)/t39-/m0/s1. The van der Waals surface area contributed by atoms with Crippen molar-refractivity contribution >= 4 is 57.7 Å². The van der Waals surface area contributed by atoms with Crippen molar-refractivity contribution in [3.8, 4) is 21.9 Å². The van der Waals surface area contributed by atoms with E-state index in [1.807, 2.05) is 84.4 Å². The van der Waals surface area contributed by atoms with Crippen LogP contribution < -0.4 is 20.7 Å². The molecule has 62 heavy (non-hydrogen) atoms. The van der Waals surface area contributed by atoms with Crippen LogP contribution in [0, 0.1) is 20.8 Å². The van der Waals surface area contributed by atoms with Gasteiger partial charge in [0.15, 0.2) is 5.82 Å². The zero-order valence-electron chi connectivity index (χ0n) is 34.7. The van der Waals surface area contributed by atoms with E-state index in [2.05, 4.69) is 45.0 Å². The highest BCUT2D eigenvalue weighted by Gasteiger charge is 2.32. The highest BCUT2D eigenvalue weighted by molar-refractivity contribution is 7.15. The summed E-state index contributed by atoms with van der Waals surface area (Å²) in [6.45, 7) is 9.85. The fraction of sp³-hybridized carbons (Fsp3) is 0.304. The summed E-state index contributed by atoms with van der Waals surface area (Å²) in [5, 5.41) is 19.7. The van der Waals surface area contributed by atoms with Crippen LogP contribution in [0.15, 0.2) is 90.1 Å². The summed E-state index contributed by atoms with van der Waals surface area (Å²) in [6, 6.07) is 24.2. The molecule has 14 nitrogen and oxygen atoms in total. The molecule has 0 aliphatic carbocycles. The monoisotopic (exact) mass is 874 g/mol. The van der Waals surface area contributed by atoms with Crippen molar-refractivity contribution in [3.05, 3.63) is 129 Å². The van der Waals surface area contributed by atoms with Crippen LogP contribution in [-0.4, -0.2) is 90.1 Å². The van der Waals surface area contributed by atoms with E-state index in [1.54, 1.807) is 23.5 Å². The minimum Gasteiger partial charge on any atom is -0.491 e. The summed E-state index contributed by atoms with van der Waals surface area (Å²) >= 11 is 7.91. The van der Waals surface area contributed by atoms with Gasteiger partial charge in [0.1, 0.15) is 35.0 Å². The van der Waals surface area contributed by atoms with Gasteiger partial charge >= 0.3 is 0 Å². The van der Waals surface area contributed by atoms with Crippen molar-refractivity contribution < 1.29 is 28.5 Å². The summed E-state index contributed by atoms with van der Waals surface area (Å²) in [7, 11) is 0. The Labute approximate surface area is 368 Å². The van der Waals surface area contributed by atoms with Crippen LogP contribution >= 0.6 is 22.9 Å². The molecule has 16 heteroatoms. The number of aryl methyl sites for hydroxylation is 2. The van der Waals surface area contributed by atoms with Crippen molar-refractivity contribution in [1.82, 2.24) is 19.7 Å². The first-order chi connectivity index (χ1) is 30.2. The highest BCUT2D eigenvalue weighted by Crippen LogP contribution is 2.40. The van der Waals surface area contributed by atoms with Crippen molar-refractivity contribution in [2.45, 2.75) is 39.7 Å². The van der Waals surface area contributed by atoms with Crippen molar-refractivity contribution in [2.24, 2.45) is 4.99 Å². The number of nitrogens with zero attached hydrogens (tertiary/aromatic N) is 5. The van der Waals surface area contributed by atoms with Gasteiger partial charge < -0.3 is 34.9 Å². The number of halogens is 1. The van der Waals surface area contributed by atoms with Crippen LogP contribution in [0.25, 0.3) is 16.1 Å². The molecule has 5 heterocycles. The third kappa shape index (κ3) is 10.2. The second-order valence-corrected chi connectivity index (χ2v) is 16.5. The van der Waals surface area contributed by atoms with E-state index in [9.17, 15) is 9.59 Å². The molecule has 3 aromatic heterocycles. The van der Waals surface area contributed by atoms with Crippen LogP contribution in [0.4, 0.5) is 17.2 Å². The number of carbonyl (C=O) groups excluding carboxylic acids is 2. The van der Waals surface area contributed by atoms with E-state index in [-0.39, 0.29) is 18.2 Å². The molecular formula is C46H47ClN8O6S. The smallest absolute Gasteiger partial charge is 0.228 e. The zero-order valence-corrected chi connectivity index (χ0v) is 36.3. The number of benzene rings is 3. The van der Waals surface area contributed by atoms with Gasteiger partial charge in [-0.15, -0.1) is 21.5 Å². The third-order valence-electron chi connectivity index (χ3n) is 10.5. The minimum atomic E-state index is -0.568.